The fourth-order valence-electron chi connectivity index (χ4n) is 1.86. The number of rotatable bonds is 6. The number of aromatic nitrogens is 2. The molecule has 19 heavy (non-hydrogen) atoms. The molecule has 0 aliphatic carbocycles. The molecule has 0 aliphatic heterocycles. The summed E-state index contributed by atoms with van der Waals surface area (Å²) < 4.78 is 6.27. The summed E-state index contributed by atoms with van der Waals surface area (Å²) in [5.41, 5.74) is 0.908. The van der Waals surface area contributed by atoms with Crippen LogP contribution in [0.1, 0.15) is 17.4 Å². The number of imidazole rings is 1. The highest BCUT2D eigenvalue weighted by atomic mass is 79.9. The lowest BCUT2D eigenvalue weighted by Crippen LogP contribution is -2.25. The van der Waals surface area contributed by atoms with Crippen LogP contribution in [-0.4, -0.2) is 28.8 Å². The Hall–Kier alpha value is -1.37. The largest absolute Gasteiger partial charge is 0.496 e. The number of benzene rings is 1. The van der Waals surface area contributed by atoms with Crippen LogP contribution in [0.5, 0.6) is 5.75 Å². The van der Waals surface area contributed by atoms with E-state index < -0.39 is 0 Å². The van der Waals surface area contributed by atoms with Gasteiger partial charge in [0, 0.05) is 22.4 Å². The fraction of sp³-hybridized carbons (Fsp3) is 0.308. The second kappa shape index (κ2) is 6.70. The van der Waals surface area contributed by atoms with E-state index in [0.717, 1.165) is 21.6 Å². The molecule has 2 rings (SSSR count). The van der Waals surface area contributed by atoms with Crippen LogP contribution in [-0.2, 0) is 6.54 Å². The summed E-state index contributed by atoms with van der Waals surface area (Å²) in [5, 5.41) is 12.8. The molecule has 0 saturated carbocycles. The number of nitrogens with one attached hydrogen (secondary N) is 2. The SMILES string of the molecule is COc1ccc(Br)cc1[C@H](CO)NCc1ncc[nH]1. The van der Waals surface area contributed by atoms with Gasteiger partial charge in [-0.25, -0.2) is 4.98 Å². The second-order valence-corrected chi connectivity index (χ2v) is 4.95. The maximum absolute atomic E-state index is 9.55. The molecule has 0 saturated heterocycles. The molecule has 0 spiro atoms. The van der Waals surface area contributed by atoms with Gasteiger partial charge in [-0.1, -0.05) is 15.9 Å². The van der Waals surface area contributed by atoms with Crippen molar-refractivity contribution in [2.45, 2.75) is 12.6 Å². The molecule has 0 amide bonds. The van der Waals surface area contributed by atoms with Crippen LogP contribution >= 0.6 is 15.9 Å². The third kappa shape index (κ3) is 3.56. The summed E-state index contributed by atoms with van der Waals surface area (Å²) in [6.07, 6.45) is 3.47. The topological polar surface area (TPSA) is 70.2 Å². The van der Waals surface area contributed by atoms with Crippen LogP contribution in [0.4, 0.5) is 0 Å². The number of nitrogens with zero attached hydrogens (tertiary/aromatic N) is 1. The molecule has 1 heterocycles. The minimum atomic E-state index is -0.211. The van der Waals surface area contributed by atoms with Gasteiger partial charge in [-0.3, -0.25) is 0 Å². The molecule has 0 fully saturated rings. The smallest absolute Gasteiger partial charge is 0.123 e. The van der Waals surface area contributed by atoms with Gasteiger partial charge >= 0.3 is 0 Å². The van der Waals surface area contributed by atoms with Crippen molar-refractivity contribution in [3.8, 4) is 5.75 Å². The van der Waals surface area contributed by atoms with Crippen molar-refractivity contribution < 1.29 is 9.84 Å². The summed E-state index contributed by atoms with van der Waals surface area (Å²) in [4.78, 5) is 7.15. The van der Waals surface area contributed by atoms with Gasteiger partial charge in [0.1, 0.15) is 11.6 Å². The summed E-state index contributed by atoms with van der Waals surface area (Å²) in [6.45, 7) is 0.529. The Balaban J connectivity index is 2.14. The number of aliphatic hydroxyl groups excluding tert-OH is 1. The first-order valence-electron chi connectivity index (χ1n) is 5.90. The lowest BCUT2D eigenvalue weighted by Gasteiger charge is -2.19. The second-order valence-electron chi connectivity index (χ2n) is 4.04. The van der Waals surface area contributed by atoms with E-state index in [1.165, 1.54) is 0 Å². The third-order valence-electron chi connectivity index (χ3n) is 2.82. The van der Waals surface area contributed by atoms with Gasteiger partial charge in [0.2, 0.25) is 0 Å². The lowest BCUT2D eigenvalue weighted by atomic mass is 10.1. The third-order valence-corrected chi connectivity index (χ3v) is 3.31. The highest BCUT2D eigenvalue weighted by Crippen LogP contribution is 2.28. The zero-order chi connectivity index (χ0) is 13.7. The van der Waals surface area contributed by atoms with Crippen LogP contribution < -0.4 is 10.1 Å². The van der Waals surface area contributed by atoms with Crippen molar-refractivity contribution in [3.05, 3.63) is 46.5 Å². The van der Waals surface area contributed by atoms with Gasteiger partial charge in [0.25, 0.3) is 0 Å². The Labute approximate surface area is 120 Å². The van der Waals surface area contributed by atoms with Gasteiger partial charge in [-0.15, -0.1) is 0 Å². The molecule has 1 atom stereocenters. The molecule has 3 N–H and O–H groups in total. The Morgan fingerprint density at radius 2 is 2.37 bits per heavy atom. The van der Waals surface area contributed by atoms with Crippen molar-refractivity contribution in [1.82, 2.24) is 15.3 Å². The maximum atomic E-state index is 9.55. The first kappa shape index (κ1) is 14.0. The maximum Gasteiger partial charge on any atom is 0.123 e. The normalized spacial score (nSPS) is 12.4. The number of ether oxygens (including phenoxy) is 1. The molecular weight excluding hydrogens is 310 g/mol. The monoisotopic (exact) mass is 325 g/mol. The molecule has 0 unspecified atom stereocenters. The summed E-state index contributed by atoms with van der Waals surface area (Å²) in [7, 11) is 1.62. The number of aliphatic hydroxyl groups is 1. The Morgan fingerprint density at radius 3 is 3.00 bits per heavy atom. The Morgan fingerprint density at radius 1 is 1.53 bits per heavy atom. The average molecular weight is 326 g/mol. The molecule has 0 aliphatic rings. The van der Waals surface area contributed by atoms with Crippen LogP contribution in [0, 0.1) is 0 Å². The minimum Gasteiger partial charge on any atom is -0.496 e. The van der Waals surface area contributed by atoms with E-state index in [2.05, 4.69) is 31.2 Å². The number of hydrogen-bond donors (Lipinski definition) is 3. The summed E-state index contributed by atoms with van der Waals surface area (Å²) in [5.74, 6) is 1.57. The van der Waals surface area contributed by atoms with E-state index >= 15 is 0 Å². The number of H-pyrrole nitrogens is 1. The summed E-state index contributed by atoms with van der Waals surface area (Å²) in [6, 6.07) is 5.51. The molecule has 102 valence electrons. The van der Waals surface area contributed by atoms with E-state index in [4.69, 9.17) is 4.74 Å². The lowest BCUT2D eigenvalue weighted by molar-refractivity contribution is 0.239. The highest BCUT2D eigenvalue weighted by Gasteiger charge is 2.15. The van der Waals surface area contributed by atoms with Crippen molar-refractivity contribution in [1.29, 1.82) is 0 Å². The predicted octanol–water partition coefficient (Wildman–Crippen LogP) is 2.00. The van der Waals surface area contributed by atoms with E-state index in [1.807, 2.05) is 18.2 Å². The van der Waals surface area contributed by atoms with Gasteiger partial charge in [-0.05, 0) is 18.2 Å². The zero-order valence-electron chi connectivity index (χ0n) is 10.6. The first-order valence-corrected chi connectivity index (χ1v) is 6.70. The quantitative estimate of drug-likeness (QED) is 0.759. The number of aromatic amines is 1. The van der Waals surface area contributed by atoms with Crippen LogP contribution in [0.25, 0.3) is 0 Å². The van der Waals surface area contributed by atoms with Crippen LogP contribution in [0.15, 0.2) is 35.1 Å². The Bertz CT molecular complexity index is 517. The number of methoxy groups -OCH3 is 1. The molecule has 5 nitrogen and oxygen atoms in total. The van der Waals surface area contributed by atoms with Crippen molar-refractivity contribution >= 4 is 15.9 Å². The summed E-state index contributed by atoms with van der Waals surface area (Å²) >= 11 is 3.43. The van der Waals surface area contributed by atoms with Gasteiger partial charge in [0.05, 0.1) is 26.3 Å². The van der Waals surface area contributed by atoms with Crippen LogP contribution in [0.2, 0.25) is 0 Å². The van der Waals surface area contributed by atoms with Crippen molar-refractivity contribution in [3.63, 3.8) is 0 Å². The van der Waals surface area contributed by atoms with E-state index in [-0.39, 0.29) is 12.6 Å². The van der Waals surface area contributed by atoms with Crippen molar-refractivity contribution in [2.24, 2.45) is 0 Å². The van der Waals surface area contributed by atoms with Gasteiger partial charge in [0.15, 0.2) is 0 Å². The standard InChI is InChI=1S/C13H16BrN3O2/c1-19-12-3-2-9(14)6-10(12)11(8-18)17-7-13-15-4-5-16-13/h2-6,11,17-18H,7-8H2,1H3,(H,15,16)/t11-/m0/s1. The number of halogens is 1. The molecule has 0 bridgehead atoms. The van der Waals surface area contributed by atoms with Gasteiger partial charge in [-0.2, -0.15) is 0 Å². The molecule has 1 aromatic heterocycles. The molecule has 6 heteroatoms. The Kier molecular flexibility index (Phi) is 4.95. The van der Waals surface area contributed by atoms with E-state index in [1.54, 1.807) is 19.5 Å². The fourth-order valence-corrected chi connectivity index (χ4v) is 2.24. The first-order chi connectivity index (χ1) is 9.24. The van der Waals surface area contributed by atoms with E-state index in [0.29, 0.717) is 6.54 Å². The minimum absolute atomic E-state index is 0.0203. The average Bonchev–Trinajstić information content (AvgIpc) is 2.93. The van der Waals surface area contributed by atoms with Crippen LogP contribution in [0.3, 0.4) is 0 Å². The molecule has 0 radical (unpaired) electrons. The molecule has 1 aromatic carbocycles. The molecular formula is C13H16BrN3O2. The predicted molar refractivity (Wildman–Crippen MR) is 75.9 cm³/mol. The molecule has 2 aromatic rings. The van der Waals surface area contributed by atoms with Gasteiger partial charge < -0.3 is 20.1 Å². The highest BCUT2D eigenvalue weighted by molar-refractivity contribution is 9.10. The van der Waals surface area contributed by atoms with E-state index in [9.17, 15) is 5.11 Å². The van der Waals surface area contributed by atoms with Crippen molar-refractivity contribution in [2.75, 3.05) is 13.7 Å². The zero-order valence-corrected chi connectivity index (χ0v) is 12.1. The number of hydrogen-bond acceptors (Lipinski definition) is 4.